The Morgan fingerprint density at radius 1 is 1.38 bits per heavy atom. The monoisotopic (exact) mass is 356 g/mol. The molecule has 26 heavy (non-hydrogen) atoms. The van der Waals surface area contributed by atoms with E-state index in [2.05, 4.69) is 36.4 Å². The molecule has 2 heterocycles. The van der Waals surface area contributed by atoms with Crippen LogP contribution in [0.15, 0.2) is 6.20 Å². The van der Waals surface area contributed by atoms with Gasteiger partial charge < -0.3 is 10.6 Å². The zero-order chi connectivity index (χ0) is 17.7. The van der Waals surface area contributed by atoms with Gasteiger partial charge in [-0.1, -0.05) is 6.42 Å². The molecule has 3 fully saturated rings. The van der Waals surface area contributed by atoms with Gasteiger partial charge in [0.1, 0.15) is 5.69 Å². The number of aromatic nitrogens is 6. The van der Waals surface area contributed by atoms with Crippen molar-refractivity contribution >= 4 is 5.91 Å². The molecular formula is C17H24N8O. The van der Waals surface area contributed by atoms with Crippen LogP contribution in [0.3, 0.4) is 0 Å². The van der Waals surface area contributed by atoms with Gasteiger partial charge in [0.2, 0.25) is 0 Å². The molecule has 0 radical (unpaired) electrons. The highest BCUT2D eigenvalue weighted by Crippen LogP contribution is 2.56. The van der Waals surface area contributed by atoms with Crippen LogP contribution in [0.5, 0.6) is 0 Å². The van der Waals surface area contributed by atoms with E-state index in [-0.39, 0.29) is 17.4 Å². The lowest BCUT2D eigenvalue weighted by Crippen LogP contribution is -2.70. The zero-order valence-electron chi connectivity index (χ0n) is 14.9. The van der Waals surface area contributed by atoms with Crippen molar-refractivity contribution in [1.29, 1.82) is 0 Å². The average molecular weight is 356 g/mol. The van der Waals surface area contributed by atoms with E-state index >= 15 is 0 Å². The third-order valence-corrected chi connectivity index (χ3v) is 6.47. The lowest BCUT2D eigenvalue weighted by Gasteiger charge is -2.61. The van der Waals surface area contributed by atoms with Crippen molar-refractivity contribution in [2.75, 3.05) is 0 Å². The number of hydrogen-bond acceptors (Lipinski definition) is 6. The summed E-state index contributed by atoms with van der Waals surface area (Å²) in [5, 5.41) is 25.7. The highest BCUT2D eigenvalue weighted by molar-refractivity contribution is 5.93. The second-order valence-electron chi connectivity index (χ2n) is 7.98. The number of aryl methyl sites for hydroxylation is 1. The molecule has 9 heteroatoms. The molecule has 0 aliphatic heterocycles. The molecule has 5 rings (SSSR count). The minimum Gasteiger partial charge on any atom is -0.347 e. The third-order valence-electron chi connectivity index (χ3n) is 6.47. The topological polar surface area (TPSA) is 113 Å². The molecule has 0 saturated heterocycles. The summed E-state index contributed by atoms with van der Waals surface area (Å²) in [6.45, 7) is 2.59. The molecule has 0 aromatic carbocycles. The first kappa shape index (κ1) is 15.9. The molecule has 9 nitrogen and oxygen atoms in total. The standard InChI is InChI=1S/C17H24N8O/c1-10-8-19-22-15(10)16(26)20-13-7-12(17(13)5-2-6-17)18-9-14-21-23-24-25(14)11-3-4-11/h8,11-13,18H,2-7,9H2,1H3,(H,19,22)(H,20,26). The fourth-order valence-corrected chi connectivity index (χ4v) is 4.51. The van der Waals surface area contributed by atoms with Gasteiger partial charge in [-0.15, -0.1) is 5.10 Å². The maximum atomic E-state index is 12.5. The van der Waals surface area contributed by atoms with E-state index in [0.29, 0.717) is 24.3 Å². The van der Waals surface area contributed by atoms with Crippen molar-refractivity contribution in [3.63, 3.8) is 0 Å². The maximum Gasteiger partial charge on any atom is 0.269 e. The van der Waals surface area contributed by atoms with Crippen molar-refractivity contribution in [3.8, 4) is 0 Å². The fraction of sp³-hybridized carbons (Fsp3) is 0.706. The minimum absolute atomic E-state index is 0.0487. The van der Waals surface area contributed by atoms with Crippen LogP contribution in [0, 0.1) is 12.3 Å². The molecule has 1 amide bonds. The Kier molecular flexibility index (Phi) is 3.59. The van der Waals surface area contributed by atoms with Crippen molar-refractivity contribution in [2.24, 2.45) is 5.41 Å². The summed E-state index contributed by atoms with van der Waals surface area (Å²) < 4.78 is 1.96. The van der Waals surface area contributed by atoms with Crippen LogP contribution in [-0.4, -0.2) is 48.4 Å². The zero-order valence-corrected chi connectivity index (χ0v) is 14.9. The summed E-state index contributed by atoms with van der Waals surface area (Å²) in [5.74, 6) is 0.870. The average Bonchev–Trinajstić information content (AvgIpc) is 3.14. The second kappa shape index (κ2) is 5.87. The van der Waals surface area contributed by atoms with Gasteiger partial charge in [0.05, 0.1) is 18.8 Å². The molecule has 138 valence electrons. The number of carbonyl (C=O) groups excluding carboxylic acids is 1. The number of hydrogen-bond donors (Lipinski definition) is 3. The Morgan fingerprint density at radius 3 is 2.88 bits per heavy atom. The summed E-state index contributed by atoms with van der Waals surface area (Å²) >= 11 is 0. The van der Waals surface area contributed by atoms with Crippen LogP contribution in [0.1, 0.15) is 66.4 Å². The Hall–Kier alpha value is -2.29. The lowest BCUT2D eigenvalue weighted by atomic mass is 9.50. The van der Waals surface area contributed by atoms with Crippen molar-refractivity contribution in [2.45, 2.75) is 70.1 Å². The Labute approximate surface area is 151 Å². The first-order valence-electron chi connectivity index (χ1n) is 9.48. The predicted molar refractivity (Wildman–Crippen MR) is 92.2 cm³/mol. The number of rotatable bonds is 6. The van der Waals surface area contributed by atoms with E-state index in [1.807, 2.05) is 11.6 Å². The molecule has 3 saturated carbocycles. The lowest BCUT2D eigenvalue weighted by molar-refractivity contribution is -0.0567. The van der Waals surface area contributed by atoms with Crippen LogP contribution >= 0.6 is 0 Å². The molecule has 3 N–H and O–H groups in total. The minimum atomic E-state index is -0.0487. The van der Waals surface area contributed by atoms with Gasteiger partial charge in [0.15, 0.2) is 5.82 Å². The maximum absolute atomic E-state index is 12.5. The Morgan fingerprint density at radius 2 is 2.23 bits per heavy atom. The van der Waals surface area contributed by atoms with Gasteiger partial charge in [0, 0.05) is 17.5 Å². The summed E-state index contributed by atoms with van der Waals surface area (Å²) in [4.78, 5) is 12.5. The van der Waals surface area contributed by atoms with Crippen molar-refractivity contribution < 1.29 is 4.79 Å². The largest absolute Gasteiger partial charge is 0.347 e. The molecule has 2 aromatic heterocycles. The number of carbonyl (C=O) groups is 1. The number of tetrazole rings is 1. The van der Waals surface area contributed by atoms with Gasteiger partial charge >= 0.3 is 0 Å². The smallest absolute Gasteiger partial charge is 0.269 e. The molecule has 2 aromatic rings. The number of nitrogens with one attached hydrogen (secondary N) is 3. The number of aromatic amines is 1. The molecule has 3 aliphatic rings. The van der Waals surface area contributed by atoms with Crippen LogP contribution < -0.4 is 10.6 Å². The Balaban J connectivity index is 1.21. The quantitative estimate of drug-likeness (QED) is 0.708. The predicted octanol–water partition coefficient (Wildman–Crippen LogP) is 0.870. The van der Waals surface area contributed by atoms with Crippen LogP contribution in [0.25, 0.3) is 0 Å². The van der Waals surface area contributed by atoms with Crippen LogP contribution in [-0.2, 0) is 6.54 Å². The second-order valence-corrected chi connectivity index (χ2v) is 7.98. The van der Waals surface area contributed by atoms with E-state index in [1.54, 1.807) is 6.20 Å². The number of amides is 1. The summed E-state index contributed by atoms with van der Waals surface area (Å²) in [6, 6.07) is 1.13. The van der Waals surface area contributed by atoms with Crippen LogP contribution in [0.2, 0.25) is 0 Å². The van der Waals surface area contributed by atoms with Gasteiger partial charge in [-0.05, 0) is 55.0 Å². The van der Waals surface area contributed by atoms with Crippen molar-refractivity contribution in [1.82, 2.24) is 41.0 Å². The molecule has 3 aliphatic carbocycles. The van der Waals surface area contributed by atoms with E-state index in [4.69, 9.17) is 0 Å². The van der Waals surface area contributed by atoms with E-state index in [0.717, 1.165) is 30.7 Å². The van der Waals surface area contributed by atoms with Gasteiger partial charge in [-0.3, -0.25) is 9.89 Å². The molecule has 2 atom stereocenters. The van der Waals surface area contributed by atoms with Gasteiger partial charge in [0.25, 0.3) is 5.91 Å². The normalized spacial score (nSPS) is 26.3. The SMILES string of the molecule is Cc1cn[nH]c1C(=O)NC1CC(NCc2nnnn2C2CC2)C12CCC2. The van der Waals surface area contributed by atoms with Crippen LogP contribution in [0.4, 0.5) is 0 Å². The fourth-order valence-electron chi connectivity index (χ4n) is 4.51. The number of H-pyrrole nitrogens is 1. The van der Waals surface area contributed by atoms with Gasteiger partial charge in [-0.2, -0.15) is 5.10 Å². The Bertz CT molecular complexity index is 818. The summed E-state index contributed by atoms with van der Waals surface area (Å²) in [6.07, 6.45) is 8.52. The third kappa shape index (κ3) is 2.45. The molecular weight excluding hydrogens is 332 g/mol. The molecule has 1 spiro atoms. The van der Waals surface area contributed by atoms with E-state index in [9.17, 15) is 4.79 Å². The summed E-state index contributed by atoms with van der Waals surface area (Å²) in [7, 11) is 0. The highest BCUT2D eigenvalue weighted by Gasteiger charge is 2.58. The van der Waals surface area contributed by atoms with Gasteiger partial charge in [-0.25, -0.2) is 4.68 Å². The van der Waals surface area contributed by atoms with E-state index < -0.39 is 0 Å². The van der Waals surface area contributed by atoms with E-state index in [1.165, 1.54) is 19.3 Å². The summed E-state index contributed by atoms with van der Waals surface area (Å²) in [5.41, 5.74) is 1.63. The number of nitrogens with zero attached hydrogens (tertiary/aromatic N) is 5. The van der Waals surface area contributed by atoms with Crippen molar-refractivity contribution in [3.05, 3.63) is 23.3 Å². The molecule has 0 bridgehead atoms. The molecule has 2 unspecified atom stereocenters. The first-order valence-corrected chi connectivity index (χ1v) is 9.48. The highest BCUT2D eigenvalue weighted by atomic mass is 16.2. The first-order chi connectivity index (χ1) is 12.7.